The van der Waals surface area contributed by atoms with E-state index in [1.54, 1.807) is 12.0 Å². The van der Waals surface area contributed by atoms with E-state index in [1.807, 2.05) is 11.9 Å². The van der Waals surface area contributed by atoms with Crippen molar-refractivity contribution in [2.75, 3.05) is 40.4 Å². The molecule has 6 nitrogen and oxygen atoms in total. The highest BCUT2D eigenvalue weighted by molar-refractivity contribution is 5.78. The number of ether oxygens (including phenoxy) is 1. The molecule has 0 saturated heterocycles. The Morgan fingerprint density at radius 2 is 2.08 bits per heavy atom. The van der Waals surface area contributed by atoms with Crippen LogP contribution in [0.3, 0.4) is 0 Å². The Morgan fingerprint density at radius 3 is 2.77 bits per heavy atom. The standard InChI is InChI=1S/C18H21F2N3O3/c1-22(5-6-25-2)11-17(24)23-4-3-16-15(10-23)21-18(26-16)12-7-13(19)9-14(20)8-12/h7-9H,3-6,10-11H2,1-2H3. The monoisotopic (exact) mass is 365 g/mol. The number of carbonyl (C=O) groups is 1. The van der Waals surface area contributed by atoms with Crippen LogP contribution >= 0.6 is 0 Å². The van der Waals surface area contributed by atoms with Gasteiger partial charge in [-0.05, 0) is 19.2 Å². The molecule has 0 saturated carbocycles. The number of fused-ring (bicyclic) bond motifs is 1. The number of amides is 1. The molecule has 0 aliphatic carbocycles. The number of nitrogens with zero attached hydrogens (tertiary/aromatic N) is 3. The number of oxazole rings is 1. The van der Waals surface area contributed by atoms with Crippen molar-refractivity contribution in [3.63, 3.8) is 0 Å². The van der Waals surface area contributed by atoms with Crippen molar-refractivity contribution < 1.29 is 22.7 Å². The first kappa shape index (κ1) is 18.5. The predicted molar refractivity (Wildman–Crippen MR) is 90.3 cm³/mol. The third kappa shape index (κ3) is 4.25. The van der Waals surface area contributed by atoms with Crippen LogP contribution in [0.2, 0.25) is 0 Å². The van der Waals surface area contributed by atoms with E-state index in [4.69, 9.17) is 9.15 Å². The van der Waals surface area contributed by atoms with Gasteiger partial charge in [0.15, 0.2) is 0 Å². The minimum Gasteiger partial charge on any atom is -0.441 e. The molecule has 0 N–H and O–H groups in total. The van der Waals surface area contributed by atoms with E-state index < -0.39 is 11.6 Å². The number of benzene rings is 1. The second kappa shape index (κ2) is 7.92. The summed E-state index contributed by atoms with van der Waals surface area (Å²) in [6.07, 6.45) is 0.521. The van der Waals surface area contributed by atoms with Crippen LogP contribution < -0.4 is 0 Å². The maximum Gasteiger partial charge on any atom is 0.237 e. The average molecular weight is 365 g/mol. The molecular formula is C18H21F2N3O3. The first-order chi connectivity index (χ1) is 12.5. The van der Waals surface area contributed by atoms with Gasteiger partial charge in [0.05, 0.1) is 19.7 Å². The lowest BCUT2D eigenvalue weighted by atomic mass is 10.1. The minimum absolute atomic E-state index is 0.00407. The summed E-state index contributed by atoms with van der Waals surface area (Å²) < 4.78 is 37.5. The maximum atomic E-state index is 13.4. The first-order valence-corrected chi connectivity index (χ1v) is 8.36. The molecule has 0 unspecified atom stereocenters. The zero-order valence-corrected chi connectivity index (χ0v) is 14.8. The topological polar surface area (TPSA) is 58.8 Å². The van der Waals surface area contributed by atoms with Crippen LogP contribution in [0.25, 0.3) is 11.5 Å². The molecule has 2 aromatic rings. The van der Waals surface area contributed by atoms with Gasteiger partial charge in [-0.1, -0.05) is 0 Å². The Hall–Kier alpha value is -2.32. The summed E-state index contributed by atoms with van der Waals surface area (Å²) >= 11 is 0. The second-order valence-electron chi connectivity index (χ2n) is 6.34. The smallest absolute Gasteiger partial charge is 0.237 e. The Balaban J connectivity index is 1.69. The fraction of sp³-hybridized carbons (Fsp3) is 0.444. The lowest BCUT2D eigenvalue weighted by Gasteiger charge is -2.27. The second-order valence-corrected chi connectivity index (χ2v) is 6.34. The summed E-state index contributed by atoms with van der Waals surface area (Å²) in [5.74, 6) is -0.559. The van der Waals surface area contributed by atoms with Gasteiger partial charge in [-0.25, -0.2) is 13.8 Å². The molecule has 0 fully saturated rings. The third-order valence-corrected chi connectivity index (χ3v) is 4.27. The van der Waals surface area contributed by atoms with Gasteiger partial charge >= 0.3 is 0 Å². The Kier molecular flexibility index (Phi) is 5.63. The van der Waals surface area contributed by atoms with Gasteiger partial charge in [-0.2, -0.15) is 0 Å². The summed E-state index contributed by atoms with van der Waals surface area (Å²) in [5, 5.41) is 0. The molecule has 26 heavy (non-hydrogen) atoms. The fourth-order valence-electron chi connectivity index (χ4n) is 2.87. The third-order valence-electron chi connectivity index (χ3n) is 4.27. The Labute approximate surface area is 150 Å². The summed E-state index contributed by atoms with van der Waals surface area (Å²) in [4.78, 5) is 20.4. The molecule has 1 amide bonds. The van der Waals surface area contributed by atoms with Crippen LogP contribution in [-0.4, -0.2) is 61.1 Å². The molecule has 1 aliphatic rings. The van der Waals surface area contributed by atoms with E-state index in [9.17, 15) is 13.6 Å². The molecule has 3 rings (SSSR count). The highest BCUT2D eigenvalue weighted by Crippen LogP contribution is 2.27. The normalized spacial score (nSPS) is 14.0. The number of methoxy groups -OCH3 is 1. The van der Waals surface area contributed by atoms with E-state index in [0.717, 1.165) is 6.07 Å². The highest BCUT2D eigenvalue weighted by atomic mass is 19.1. The number of hydrogen-bond acceptors (Lipinski definition) is 5. The van der Waals surface area contributed by atoms with E-state index in [-0.39, 0.29) is 17.4 Å². The molecule has 140 valence electrons. The zero-order valence-electron chi connectivity index (χ0n) is 14.8. The van der Waals surface area contributed by atoms with Crippen molar-refractivity contribution in [2.45, 2.75) is 13.0 Å². The summed E-state index contributed by atoms with van der Waals surface area (Å²) in [6.45, 7) is 2.37. The van der Waals surface area contributed by atoms with E-state index in [1.165, 1.54) is 12.1 Å². The Bertz CT molecular complexity index is 774. The quantitative estimate of drug-likeness (QED) is 0.785. The molecule has 1 aromatic heterocycles. The number of aromatic nitrogens is 1. The van der Waals surface area contributed by atoms with Crippen LogP contribution in [0.5, 0.6) is 0 Å². The molecule has 0 spiro atoms. The van der Waals surface area contributed by atoms with Gasteiger partial charge in [0.25, 0.3) is 0 Å². The lowest BCUT2D eigenvalue weighted by Crippen LogP contribution is -2.42. The summed E-state index contributed by atoms with van der Waals surface area (Å²) in [6, 6.07) is 3.15. The molecule has 2 heterocycles. The number of carbonyl (C=O) groups excluding carboxylic acids is 1. The van der Waals surface area contributed by atoms with Crippen molar-refractivity contribution in [1.29, 1.82) is 0 Å². The Morgan fingerprint density at radius 1 is 1.35 bits per heavy atom. The van der Waals surface area contributed by atoms with Gasteiger partial charge in [0.2, 0.25) is 11.8 Å². The van der Waals surface area contributed by atoms with Gasteiger partial charge in [-0.15, -0.1) is 0 Å². The minimum atomic E-state index is -0.688. The van der Waals surface area contributed by atoms with Crippen molar-refractivity contribution in [2.24, 2.45) is 0 Å². The average Bonchev–Trinajstić information content (AvgIpc) is 3.02. The molecule has 0 radical (unpaired) electrons. The number of rotatable bonds is 6. The highest BCUT2D eigenvalue weighted by Gasteiger charge is 2.26. The number of hydrogen-bond donors (Lipinski definition) is 0. The number of likely N-dealkylation sites (N-methyl/N-ethyl adjacent to an activating group) is 1. The molecule has 1 aromatic carbocycles. The van der Waals surface area contributed by atoms with Crippen molar-refractivity contribution in [1.82, 2.24) is 14.8 Å². The van der Waals surface area contributed by atoms with E-state index >= 15 is 0 Å². The number of halogens is 2. The molecule has 0 bridgehead atoms. The molecule has 1 aliphatic heterocycles. The summed E-state index contributed by atoms with van der Waals surface area (Å²) in [5.41, 5.74) is 0.873. The van der Waals surface area contributed by atoms with Crippen molar-refractivity contribution >= 4 is 5.91 Å². The van der Waals surface area contributed by atoms with Gasteiger partial charge in [0, 0.05) is 38.2 Å². The fourth-order valence-corrected chi connectivity index (χ4v) is 2.87. The summed E-state index contributed by atoms with van der Waals surface area (Å²) in [7, 11) is 3.48. The SMILES string of the molecule is COCCN(C)CC(=O)N1CCc2oc(-c3cc(F)cc(F)c3)nc2C1. The van der Waals surface area contributed by atoms with E-state index in [0.29, 0.717) is 50.7 Å². The van der Waals surface area contributed by atoms with Crippen molar-refractivity contribution in [3.8, 4) is 11.5 Å². The van der Waals surface area contributed by atoms with Crippen LogP contribution in [-0.2, 0) is 22.5 Å². The van der Waals surface area contributed by atoms with Crippen LogP contribution in [0.15, 0.2) is 22.6 Å². The van der Waals surface area contributed by atoms with Gasteiger partial charge in [0.1, 0.15) is 23.1 Å². The van der Waals surface area contributed by atoms with Crippen LogP contribution in [0.1, 0.15) is 11.5 Å². The van der Waals surface area contributed by atoms with E-state index in [2.05, 4.69) is 4.98 Å². The zero-order chi connectivity index (χ0) is 18.7. The first-order valence-electron chi connectivity index (χ1n) is 8.36. The van der Waals surface area contributed by atoms with Gasteiger partial charge in [-0.3, -0.25) is 9.69 Å². The van der Waals surface area contributed by atoms with Gasteiger partial charge < -0.3 is 14.1 Å². The molecular weight excluding hydrogens is 344 g/mol. The van der Waals surface area contributed by atoms with Crippen molar-refractivity contribution in [3.05, 3.63) is 41.3 Å². The predicted octanol–water partition coefficient (Wildman–Crippen LogP) is 2.08. The molecule has 0 atom stereocenters. The largest absolute Gasteiger partial charge is 0.441 e. The van der Waals surface area contributed by atoms with Crippen LogP contribution in [0, 0.1) is 11.6 Å². The van der Waals surface area contributed by atoms with Crippen LogP contribution in [0.4, 0.5) is 8.78 Å². The lowest BCUT2D eigenvalue weighted by molar-refractivity contribution is -0.133. The molecule has 8 heteroatoms. The maximum absolute atomic E-state index is 13.4.